The molecule has 0 aliphatic rings. The van der Waals surface area contributed by atoms with E-state index in [-0.39, 0.29) is 11.8 Å². The fourth-order valence-corrected chi connectivity index (χ4v) is 3.73. The Hall–Kier alpha value is -4.00. The molecule has 2 amide bonds. The van der Waals surface area contributed by atoms with Crippen molar-refractivity contribution < 1.29 is 23.8 Å². The van der Waals surface area contributed by atoms with Crippen molar-refractivity contribution in [2.45, 2.75) is 39.7 Å². The van der Waals surface area contributed by atoms with Crippen LogP contribution >= 0.6 is 0 Å². The number of anilines is 1. The van der Waals surface area contributed by atoms with Crippen molar-refractivity contribution in [1.29, 1.82) is 0 Å². The SMILES string of the molecule is CCC(Oc1ccc(C)c(C)c1)C(=O)Nc1ccccc1C(=O)NCCc1ccc(OC)c(OC)c1. The van der Waals surface area contributed by atoms with Crippen LogP contribution in [0.15, 0.2) is 60.7 Å². The van der Waals surface area contributed by atoms with Crippen LogP contribution in [0.4, 0.5) is 5.69 Å². The fraction of sp³-hybridized carbons (Fsp3) is 0.310. The van der Waals surface area contributed by atoms with Gasteiger partial charge in [0.25, 0.3) is 11.8 Å². The maximum Gasteiger partial charge on any atom is 0.265 e. The molecule has 0 fully saturated rings. The van der Waals surface area contributed by atoms with Gasteiger partial charge in [-0.1, -0.05) is 31.2 Å². The number of amides is 2. The highest BCUT2D eigenvalue weighted by molar-refractivity contribution is 6.04. The van der Waals surface area contributed by atoms with Gasteiger partial charge in [-0.15, -0.1) is 0 Å². The van der Waals surface area contributed by atoms with E-state index < -0.39 is 6.10 Å². The fourth-order valence-electron chi connectivity index (χ4n) is 3.73. The predicted molar refractivity (Wildman–Crippen MR) is 141 cm³/mol. The van der Waals surface area contributed by atoms with E-state index in [0.717, 1.165) is 16.7 Å². The molecule has 0 spiro atoms. The molecule has 1 atom stereocenters. The summed E-state index contributed by atoms with van der Waals surface area (Å²) in [5.41, 5.74) is 4.08. The zero-order chi connectivity index (χ0) is 26.1. The average molecular weight is 491 g/mol. The van der Waals surface area contributed by atoms with E-state index in [1.807, 2.05) is 57.2 Å². The van der Waals surface area contributed by atoms with Gasteiger partial charge in [0.2, 0.25) is 0 Å². The van der Waals surface area contributed by atoms with Crippen LogP contribution in [-0.2, 0) is 11.2 Å². The molecular weight excluding hydrogens is 456 g/mol. The zero-order valence-electron chi connectivity index (χ0n) is 21.5. The van der Waals surface area contributed by atoms with E-state index >= 15 is 0 Å². The molecular formula is C29H34N2O5. The Morgan fingerprint density at radius 2 is 1.64 bits per heavy atom. The van der Waals surface area contributed by atoms with Crippen molar-refractivity contribution in [2.24, 2.45) is 0 Å². The number of para-hydroxylation sites is 1. The molecule has 0 aromatic heterocycles. The quantitative estimate of drug-likeness (QED) is 0.391. The molecule has 3 rings (SSSR count). The first-order chi connectivity index (χ1) is 17.4. The number of ether oxygens (including phenoxy) is 3. The summed E-state index contributed by atoms with van der Waals surface area (Å²) in [6.45, 7) is 6.34. The molecule has 7 nitrogen and oxygen atoms in total. The van der Waals surface area contributed by atoms with E-state index in [4.69, 9.17) is 14.2 Å². The Labute approximate surface area is 212 Å². The van der Waals surface area contributed by atoms with Crippen LogP contribution in [0.1, 0.15) is 40.4 Å². The molecule has 0 saturated heterocycles. The van der Waals surface area contributed by atoms with Gasteiger partial charge < -0.3 is 24.8 Å². The lowest BCUT2D eigenvalue weighted by molar-refractivity contribution is -0.122. The number of carbonyl (C=O) groups excluding carboxylic acids is 2. The summed E-state index contributed by atoms with van der Waals surface area (Å²) >= 11 is 0. The van der Waals surface area contributed by atoms with Crippen LogP contribution in [0.25, 0.3) is 0 Å². The molecule has 0 radical (unpaired) electrons. The van der Waals surface area contributed by atoms with Crippen molar-refractivity contribution in [3.05, 3.63) is 82.9 Å². The Morgan fingerprint density at radius 3 is 2.33 bits per heavy atom. The third-order valence-corrected chi connectivity index (χ3v) is 6.00. The third-order valence-electron chi connectivity index (χ3n) is 6.00. The molecule has 190 valence electrons. The van der Waals surface area contributed by atoms with Crippen molar-refractivity contribution in [1.82, 2.24) is 5.32 Å². The highest BCUT2D eigenvalue weighted by atomic mass is 16.5. The topological polar surface area (TPSA) is 85.9 Å². The second-order valence-corrected chi connectivity index (χ2v) is 8.49. The summed E-state index contributed by atoms with van der Waals surface area (Å²) < 4.78 is 16.6. The number of hydrogen-bond acceptors (Lipinski definition) is 5. The molecule has 0 saturated carbocycles. The van der Waals surface area contributed by atoms with Gasteiger partial charge in [0.05, 0.1) is 25.5 Å². The van der Waals surface area contributed by atoms with E-state index in [9.17, 15) is 9.59 Å². The minimum absolute atomic E-state index is 0.269. The van der Waals surface area contributed by atoms with Gasteiger partial charge in [0.1, 0.15) is 5.75 Å². The minimum atomic E-state index is -0.687. The lowest BCUT2D eigenvalue weighted by atomic mass is 10.1. The van der Waals surface area contributed by atoms with Crippen LogP contribution in [-0.4, -0.2) is 38.7 Å². The number of nitrogens with one attached hydrogen (secondary N) is 2. The lowest BCUT2D eigenvalue weighted by Crippen LogP contribution is -2.33. The first-order valence-electron chi connectivity index (χ1n) is 12.0. The summed E-state index contributed by atoms with van der Waals surface area (Å²) in [4.78, 5) is 25.9. The predicted octanol–water partition coefficient (Wildman–Crippen LogP) is 5.09. The highest BCUT2D eigenvalue weighted by Gasteiger charge is 2.21. The number of carbonyl (C=O) groups is 2. The normalized spacial score (nSPS) is 11.4. The number of rotatable bonds is 11. The summed E-state index contributed by atoms with van der Waals surface area (Å²) in [5, 5.41) is 5.80. The van der Waals surface area contributed by atoms with Gasteiger partial charge in [-0.05, 0) is 79.8 Å². The molecule has 2 N–H and O–H groups in total. The monoisotopic (exact) mass is 490 g/mol. The molecule has 3 aromatic rings. The van der Waals surface area contributed by atoms with Crippen molar-refractivity contribution in [3.8, 4) is 17.2 Å². The third kappa shape index (κ3) is 6.78. The van der Waals surface area contributed by atoms with Crippen molar-refractivity contribution >= 4 is 17.5 Å². The zero-order valence-corrected chi connectivity index (χ0v) is 21.5. The highest BCUT2D eigenvalue weighted by Crippen LogP contribution is 2.27. The maximum absolute atomic E-state index is 13.0. The van der Waals surface area contributed by atoms with E-state index in [1.54, 1.807) is 38.5 Å². The molecule has 3 aromatic carbocycles. The first-order valence-corrected chi connectivity index (χ1v) is 12.0. The molecule has 1 unspecified atom stereocenters. The summed E-state index contributed by atoms with van der Waals surface area (Å²) in [5.74, 6) is 1.36. The Morgan fingerprint density at radius 1 is 0.889 bits per heavy atom. The van der Waals surface area contributed by atoms with Crippen LogP contribution in [0.3, 0.4) is 0 Å². The van der Waals surface area contributed by atoms with Crippen LogP contribution in [0.5, 0.6) is 17.2 Å². The smallest absolute Gasteiger partial charge is 0.265 e. The van der Waals surface area contributed by atoms with E-state index in [1.165, 1.54) is 0 Å². The summed E-state index contributed by atoms with van der Waals surface area (Å²) in [6, 6.07) is 18.4. The van der Waals surface area contributed by atoms with E-state index in [0.29, 0.717) is 47.9 Å². The van der Waals surface area contributed by atoms with Crippen molar-refractivity contribution in [2.75, 3.05) is 26.1 Å². The number of benzene rings is 3. The Kier molecular flexibility index (Phi) is 9.33. The second-order valence-electron chi connectivity index (χ2n) is 8.49. The lowest BCUT2D eigenvalue weighted by Gasteiger charge is -2.19. The maximum atomic E-state index is 13.0. The van der Waals surface area contributed by atoms with Crippen LogP contribution in [0, 0.1) is 13.8 Å². The van der Waals surface area contributed by atoms with Gasteiger partial charge in [-0.3, -0.25) is 9.59 Å². The van der Waals surface area contributed by atoms with Crippen LogP contribution in [0.2, 0.25) is 0 Å². The van der Waals surface area contributed by atoms with Gasteiger partial charge in [-0.2, -0.15) is 0 Å². The summed E-state index contributed by atoms with van der Waals surface area (Å²) in [7, 11) is 3.18. The molecule has 0 aliphatic heterocycles. The summed E-state index contributed by atoms with van der Waals surface area (Å²) in [6.07, 6.45) is 0.411. The van der Waals surface area contributed by atoms with Gasteiger partial charge in [0, 0.05) is 6.54 Å². The van der Waals surface area contributed by atoms with E-state index in [2.05, 4.69) is 10.6 Å². The molecule has 0 heterocycles. The average Bonchev–Trinajstić information content (AvgIpc) is 2.89. The molecule has 7 heteroatoms. The number of hydrogen-bond donors (Lipinski definition) is 2. The molecule has 0 aliphatic carbocycles. The van der Waals surface area contributed by atoms with Gasteiger partial charge in [0.15, 0.2) is 17.6 Å². The standard InChI is InChI=1S/C29H34N2O5/c1-6-25(36-22-13-11-19(2)20(3)17-22)29(33)31-24-10-8-7-9-23(24)28(32)30-16-15-21-12-14-26(34-4)27(18-21)35-5/h7-14,17-18,25H,6,15-16H2,1-5H3,(H,30,32)(H,31,33). The minimum Gasteiger partial charge on any atom is -0.493 e. The Bertz CT molecular complexity index is 1210. The number of aryl methyl sites for hydroxylation is 2. The largest absolute Gasteiger partial charge is 0.493 e. The van der Waals surface area contributed by atoms with Crippen LogP contribution < -0.4 is 24.8 Å². The van der Waals surface area contributed by atoms with Gasteiger partial charge >= 0.3 is 0 Å². The first kappa shape index (κ1) is 26.6. The molecule has 0 bridgehead atoms. The number of methoxy groups -OCH3 is 2. The van der Waals surface area contributed by atoms with Crippen molar-refractivity contribution in [3.63, 3.8) is 0 Å². The molecule has 36 heavy (non-hydrogen) atoms. The van der Waals surface area contributed by atoms with Gasteiger partial charge in [-0.25, -0.2) is 0 Å². The second kappa shape index (κ2) is 12.6. The Balaban J connectivity index is 1.63.